The van der Waals surface area contributed by atoms with Gasteiger partial charge in [-0.05, 0) is 17.7 Å². The van der Waals surface area contributed by atoms with Crippen LogP contribution in [0.3, 0.4) is 0 Å². The fraction of sp³-hybridized carbons (Fsp3) is 0.300. The van der Waals surface area contributed by atoms with Crippen molar-refractivity contribution in [3.05, 3.63) is 34.9 Å². The Morgan fingerprint density at radius 3 is 2.27 bits per heavy atom. The van der Waals surface area contributed by atoms with Gasteiger partial charge in [-0.3, -0.25) is 4.79 Å². The van der Waals surface area contributed by atoms with Crippen LogP contribution in [0.1, 0.15) is 18.5 Å². The number of carboxylic acid groups (broad SMARTS) is 1. The second-order valence-electron chi connectivity index (χ2n) is 3.20. The molecular weight excluding hydrogens is 237 g/mol. The Hall–Kier alpha value is -0.770. The number of carboxylic acids is 1. The van der Waals surface area contributed by atoms with Gasteiger partial charge in [-0.25, -0.2) is 0 Å². The van der Waals surface area contributed by atoms with Crippen LogP contribution in [0.5, 0.6) is 0 Å². The molecule has 3 nitrogen and oxygen atoms in total. The van der Waals surface area contributed by atoms with Crippen molar-refractivity contribution in [2.24, 2.45) is 11.7 Å². The topological polar surface area (TPSA) is 63.3 Å². The molecule has 1 aromatic carbocycles. The Kier molecular flexibility index (Phi) is 5.65. The molecule has 0 saturated heterocycles. The smallest absolute Gasteiger partial charge is 0.308 e. The zero-order valence-corrected chi connectivity index (χ0v) is 9.76. The van der Waals surface area contributed by atoms with E-state index in [0.717, 1.165) is 5.56 Å². The van der Waals surface area contributed by atoms with Crippen molar-refractivity contribution in [3.8, 4) is 0 Å². The van der Waals surface area contributed by atoms with Gasteiger partial charge in [0.1, 0.15) is 0 Å². The maximum Gasteiger partial charge on any atom is 0.308 e. The van der Waals surface area contributed by atoms with Gasteiger partial charge < -0.3 is 10.8 Å². The fourth-order valence-corrected chi connectivity index (χ4v) is 1.25. The van der Waals surface area contributed by atoms with Gasteiger partial charge in [0.2, 0.25) is 0 Å². The van der Waals surface area contributed by atoms with Crippen molar-refractivity contribution in [1.82, 2.24) is 0 Å². The number of hydrogen-bond acceptors (Lipinski definition) is 2. The zero-order chi connectivity index (χ0) is 10.7. The van der Waals surface area contributed by atoms with Gasteiger partial charge in [-0.2, -0.15) is 0 Å². The Balaban J connectivity index is 0.00000196. The predicted molar refractivity (Wildman–Crippen MR) is 62.4 cm³/mol. The van der Waals surface area contributed by atoms with Crippen LogP contribution in [0.4, 0.5) is 0 Å². The van der Waals surface area contributed by atoms with Gasteiger partial charge >= 0.3 is 5.97 Å². The molecule has 0 amide bonds. The molecule has 1 rings (SSSR count). The third-order valence-corrected chi connectivity index (χ3v) is 2.44. The molecule has 1 aromatic rings. The van der Waals surface area contributed by atoms with E-state index >= 15 is 0 Å². The van der Waals surface area contributed by atoms with E-state index in [1.54, 1.807) is 31.2 Å². The molecule has 2 atom stereocenters. The lowest BCUT2D eigenvalue weighted by Crippen LogP contribution is -2.25. The summed E-state index contributed by atoms with van der Waals surface area (Å²) >= 11 is 5.70. The number of benzene rings is 1. The molecule has 0 bridgehead atoms. The SMILES string of the molecule is C[C@H](C(=O)O)[C@H](N)c1ccc(Cl)cc1.Cl. The van der Waals surface area contributed by atoms with Crippen molar-refractivity contribution in [3.63, 3.8) is 0 Å². The summed E-state index contributed by atoms with van der Waals surface area (Å²) < 4.78 is 0. The van der Waals surface area contributed by atoms with Gasteiger partial charge in [0.15, 0.2) is 0 Å². The molecule has 5 heteroatoms. The summed E-state index contributed by atoms with van der Waals surface area (Å²) in [7, 11) is 0. The van der Waals surface area contributed by atoms with Gasteiger partial charge in [0, 0.05) is 11.1 Å². The molecule has 84 valence electrons. The van der Waals surface area contributed by atoms with E-state index in [9.17, 15) is 4.79 Å². The molecule has 0 aliphatic rings. The fourth-order valence-electron chi connectivity index (χ4n) is 1.13. The maximum absolute atomic E-state index is 10.7. The van der Waals surface area contributed by atoms with Crippen LogP contribution in [0.15, 0.2) is 24.3 Å². The van der Waals surface area contributed by atoms with Gasteiger partial charge in [0.25, 0.3) is 0 Å². The highest BCUT2D eigenvalue weighted by molar-refractivity contribution is 6.30. The minimum atomic E-state index is -0.896. The number of aliphatic carboxylic acids is 1. The first-order chi connectivity index (χ1) is 6.52. The summed E-state index contributed by atoms with van der Waals surface area (Å²) in [4.78, 5) is 10.7. The normalized spacial score (nSPS) is 13.8. The van der Waals surface area contributed by atoms with Crippen LogP contribution >= 0.6 is 24.0 Å². The third kappa shape index (κ3) is 3.70. The lowest BCUT2D eigenvalue weighted by molar-refractivity contribution is -0.141. The number of halogens is 2. The first-order valence-corrected chi connectivity index (χ1v) is 4.64. The van der Waals surface area contributed by atoms with Crippen LogP contribution in [-0.2, 0) is 4.79 Å². The van der Waals surface area contributed by atoms with E-state index in [0.29, 0.717) is 5.02 Å². The van der Waals surface area contributed by atoms with Gasteiger partial charge in [-0.15, -0.1) is 12.4 Å². The third-order valence-electron chi connectivity index (χ3n) is 2.18. The standard InChI is InChI=1S/C10H12ClNO2.ClH/c1-6(10(13)14)9(12)7-2-4-8(11)5-3-7;/h2-6,9H,12H2,1H3,(H,13,14);1H/t6-,9-;/m0./s1. The number of hydrogen-bond donors (Lipinski definition) is 2. The molecule has 0 aliphatic carbocycles. The molecule has 0 fully saturated rings. The molecule has 0 radical (unpaired) electrons. The van der Waals surface area contributed by atoms with Crippen LogP contribution in [0.2, 0.25) is 5.02 Å². The zero-order valence-electron chi connectivity index (χ0n) is 8.18. The Morgan fingerprint density at radius 2 is 1.87 bits per heavy atom. The monoisotopic (exact) mass is 249 g/mol. The lowest BCUT2D eigenvalue weighted by Gasteiger charge is -2.16. The van der Waals surface area contributed by atoms with E-state index in [1.807, 2.05) is 0 Å². The summed E-state index contributed by atoms with van der Waals surface area (Å²) in [6.45, 7) is 1.58. The summed E-state index contributed by atoms with van der Waals surface area (Å²) in [5, 5.41) is 9.38. The van der Waals surface area contributed by atoms with Crippen molar-refractivity contribution in [2.45, 2.75) is 13.0 Å². The van der Waals surface area contributed by atoms with E-state index in [2.05, 4.69) is 0 Å². The minimum absolute atomic E-state index is 0. The van der Waals surface area contributed by atoms with Crippen molar-refractivity contribution in [2.75, 3.05) is 0 Å². The van der Waals surface area contributed by atoms with Crippen LogP contribution < -0.4 is 5.73 Å². The second kappa shape index (κ2) is 5.95. The number of rotatable bonds is 3. The van der Waals surface area contributed by atoms with E-state index in [1.165, 1.54) is 0 Å². The minimum Gasteiger partial charge on any atom is -0.481 e. The second-order valence-corrected chi connectivity index (χ2v) is 3.64. The molecule has 0 saturated carbocycles. The highest BCUT2D eigenvalue weighted by Crippen LogP contribution is 2.21. The molecule has 0 aliphatic heterocycles. The summed E-state index contributed by atoms with van der Waals surface area (Å²) in [6, 6.07) is 6.39. The molecule has 0 unspecified atom stereocenters. The van der Waals surface area contributed by atoms with E-state index in [4.69, 9.17) is 22.4 Å². The summed E-state index contributed by atoms with van der Waals surface area (Å²) in [6.07, 6.45) is 0. The van der Waals surface area contributed by atoms with Crippen LogP contribution in [0, 0.1) is 5.92 Å². The van der Waals surface area contributed by atoms with Crippen molar-refractivity contribution >= 4 is 30.0 Å². The molecule has 3 N–H and O–H groups in total. The molecule has 0 spiro atoms. The first kappa shape index (κ1) is 14.2. The predicted octanol–water partition coefficient (Wildman–Crippen LogP) is 2.48. The summed E-state index contributed by atoms with van der Waals surface area (Å²) in [5.74, 6) is -1.50. The average molecular weight is 250 g/mol. The van der Waals surface area contributed by atoms with E-state index in [-0.39, 0.29) is 12.4 Å². The van der Waals surface area contributed by atoms with Gasteiger partial charge in [0.05, 0.1) is 5.92 Å². The van der Waals surface area contributed by atoms with Crippen LogP contribution in [-0.4, -0.2) is 11.1 Å². The molecule has 15 heavy (non-hydrogen) atoms. The van der Waals surface area contributed by atoms with Crippen molar-refractivity contribution in [1.29, 1.82) is 0 Å². The lowest BCUT2D eigenvalue weighted by atomic mass is 9.96. The highest BCUT2D eigenvalue weighted by Gasteiger charge is 2.20. The van der Waals surface area contributed by atoms with Gasteiger partial charge in [-0.1, -0.05) is 30.7 Å². The maximum atomic E-state index is 10.7. The Labute approximate surface area is 99.6 Å². The highest BCUT2D eigenvalue weighted by atomic mass is 35.5. The van der Waals surface area contributed by atoms with Crippen LogP contribution in [0.25, 0.3) is 0 Å². The first-order valence-electron chi connectivity index (χ1n) is 4.26. The molecular formula is C10H13Cl2NO2. The largest absolute Gasteiger partial charge is 0.481 e. The summed E-state index contributed by atoms with van der Waals surface area (Å²) in [5.41, 5.74) is 6.55. The number of nitrogens with two attached hydrogens (primary N) is 1. The number of carbonyl (C=O) groups is 1. The molecule has 0 heterocycles. The van der Waals surface area contributed by atoms with Crippen molar-refractivity contribution < 1.29 is 9.90 Å². The Bertz CT molecular complexity index is 327. The quantitative estimate of drug-likeness (QED) is 0.866. The molecule has 0 aromatic heterocycles. The van der Waals surface area contributed by atoms with E-state index < -0.39 is 17.9 Å². The Morgan fingerprint density at radius 1 is 1.40 bits per heavy atom. The average Bonchev–Trinajstić information content (AvgIpc) is 2.16.